The Morgan fingerprint density at radius 3 is 2.61 bits per heavy atom. The van der Waals surface area contributed by atoms with E-state index in [4.69, 9.17) is 5.73 Å². The van der Waals surface area contributed by atoms with Gasteiger partial charge in [-0.3, -0.25) is 0 Å². The van der Waals surface area contributed by atoms with E-state index in [0.717, 1.165) is 24.3 Å². The number of likely N-dealkylation sites (tertiary alicyclic amines) is 1. The zero-order chi connectivity index (χ0) is 12.1. The van der Waals surface area contributed by atoms with Crippen molar-refractivity contribution in [2.24, 2.45) is 23.5 Å². The lowest BCUT2D eigenvalue weighted by atomic mass is 9.81. The minimum atomic E-state index is 0. The number of nitrogens with zero attached hydrogens (tertiary/aromatic N) is 1. The molecule has 1 saturated carbocycles. The average molecular weight is 275 g/mol. The maximum Gasteiger partial charge on any atom is 0.00103 e. The highest BCUT2D eigenvalue weighted by Gasteiger charge is 2.24. The quantitative estimate of drug-likeness (QED) is 0.852. The molecule has 2 N–H and O–H groups in total. The summed E-state index contributed by atoms with van der Waals surface area (Å²) in [6.45, 7) is 7.33. The molecule has 3 heteroatoms. The predicted molar refractivity (Wildman–Crippen MR) is 81.2 cm³/mol. The lowest BCUT2D eigenvalue weighted by molar-refractivity contribution is 0.125. The molecule has 0 aromatic carbocycles. The Labute approximate surface area is 119 Å². The number of halogens is 1. The van der Waals surface area contributed by atoms with E-state index in [9.17, 15) is 0 Å². The summed E-state index contributed by atoms with van der Waals surface area (Å²) in [4.78, 5) is 2.73. The number of hydrogen-bond acceptors (Lipinski definition) is 2. The third kappa shape index (κ3) is 5.07. The van der Waals surface area contributed by atoms with Crippen LogP contribution in [-0.2, 0) is 0 Å². The van der Waals surface area contributed by atoms with E-state index in [2.05, 4.69) is 11.8 Å². The van der Waals surface area contributed by atoms with Gasteiger partial charge in [-0.05, 0) is 62.9 Å². The topological polar surface area (TPSA) is 29.3 Å². The Morgan fingerprint density at radius 1 is 1.11 bits per heavy atom. The van der Waals surface area contributed by atoms with E-state index in [1.165, 1.54) is 64.6 Å². The van der Waals surface area contributed by atoms with Crippen molar-refractivity contribution in [1.29, 1.82) is 0 Å². The standard InChI is InChI=1S/C15H30N2.ClH/c1-13-4-2-5-15(10-13)12-17-9-3-6-14(11-17)7-8-16;/h13-15H,2-12,16H2,1H3;1H. The molecule has 3 atom stereocenters. The molecule has 0 aromatic rings. The Morgan fingerprint density at radius 2 is 1.89 bits per heavy atom. The van der Waals surface area contributed by atoms with Crippen LogP contribution in [0, 0.1) is 17.8 Å². The number of nitrogens with two attached hydrogens (primary N) is 1. The van der Waals surface area contributed by atoms with Crippen molar-refractivity contribution in [1.82, 2.24) is 4.90 Å². The summed E-state index contributed by atoms with van der Waals surface area (Å²) in [7, 11) is 0. The van der Waals surface area contributed by atoms with Crippen LogP contribution in [-0.4, -0.2) is 31.1 Å². The van der Waals surface area contributed by atoms with Crippen LogP contribution in [0.5, 0.6) is 0 Å². The molecule has 1 saturated heterocycles. The van der Waals surface area contributed by atoms with Crippen LogP contribution in [0.25, 0.3) is 0 Å². The first kappa shape index (κ1) is 16.3. The minimum Gasteiger partial charge on any atom is -0.330 e. The number of hydrogen-bond donors (Lipinski definition) is 1. The fraction of sp³-hybridized carbons (Fsp3) is 1.00. The molecule has 108 valence electrons. The third-order valence-corrected chi connectivity index (χ3v) is 4.74. The average Bonchev–Trinajstić information content (AvgIpc) is 2.30. The van der Waals surface area contributed by atoms with Crippen LogP contribution in [0.3, 0.4) is 0 Å². The second-order valence-electron chi connectivity index (χ2n) is 6.48. The Balaban J connectivity index is 0.00000162. The van der Waals surface area contributed by atoms with Crippen molar-refractivity contribution >= 4 is 12.4 Å². The first-order chi connectivity index (χ1) is 8.28. The van der Waals surface area contributed by atoms with Crippen LogP contribution in [0.2, 0.25) is 0 Å². The Kier molecular flexibility index (Phi) is 7.59. The van der Waals surface area contributed by atoms with Crippen molar-refractivity contribution < 1.29 is 0 Å². The Hall–Kier alpha value is 0.210. The van der Waals surface area contributed by atoms with Gasteiger partial charge in [0.2, 0.25) is 0 Å². The molecule has 2 fully saturated rings. The normalized spacial score (nSPS) is 34.0. The molecule has 2 nitrogen and oxygen atoms in total. The second-order valence-corrected chi connectivity index (χ2v) is 6.48. The zero-order valence-corrected chi connectivity index (χ0v) is 12.8. The third-order valence-electron chi connectivity index (χ3n) is 4.74. The molecule has 2 rings (SSSR count). The molecule has 0 amide bonds. The summed E-state index contributed by atoms with van der Waals surface area (Å²) in [6.07, 6.45) is 9.91. The van der Waals surface area contributed by atoms with Crippen molar-refractivity contribution in [3.8, 4) is 0 Å². The molecule has 0 aromatic heterocycles. The van der Waals surface area contributed by atoms with E-state index < -0.39 is 0 Å². The van der Waals surface area contributed by atoms with Crippen molar-refractivity contribution in [2.75, 3.05) is 26.2 Å². The van der Waals surface area contributed by atoms with E-state index in [1.54, 1.807) is 0 Å². The molecule has 0 radical (unpaired) electrons. The van der Waals surface area contributed by atoms with E-state index in [-0.39, 0.29) is 12.4 Å². The maximum absolute atomic E-state index is 5.69. The molecular formula is C15H31ClN2. The van der Waals surface area contributed by atoms with E-state index >= 15 is 0 Å². The molecule has 3 unspecified atom stereocenters. The van der Waals surface area contributed by atoms with Gasteiger partial charge in [0.15, 0.2) is 0 Å². The van der Waals surface area contributed by atoms with Crippen molar-refractivity contribution in [2.45, 2.75) is 51.9 Å². The summed E-state index contributed by atoms with van der Waals surface area (Å²) in [5.41, 5.74) is 5.69. The monoisotopic (exact) mass is 274 g/mol. The predicted octanol–water partition coefficient (Wildman–Crippen LogP) is 3.30. The number of piperidine rings is 1. The largest absolute Gasteiger partial charge is 0.330 e. The lowest BCUT2D eigenvalue weighted by Crippen LogP contribution is -2.40. The molecule has 1 aliphatic heterocycles. The SMILES string of the molecule is CC1CCCC(CN2CCCC(CCN)C2)C1.Cl. The molecule has 0 bridgehead atoms. The van der Waals surface area contributed by atoms with Crippen LogP contribution < -0.4 is 5.73 Å². The van der Waals surface area contributed by atoms with Gasteiger partial charge in [-0.1, -0.05) is 19.8 Å². The van der Waals surface area contributed by atoms with Crippen LogP contribution in [0.15, 0.2) is 0 Å². The molecule has 18 heavy (non-hydrogen) atoms. The fourth-order valence-corrected chi connectivity index (χ4v) is 3.88. The minimum absolute atomic E-state index is 0. The van der Waals surface area contributed by atoms with Gasteiger partial charge in [0.1, 0.15) is 0 Å². The first-order valence-corrected chi connectivity index (χ1v) is 7.70. The second kappa shape index (κ2) is 8.39. The zero-order valence-electron chi connectivity index (χ0n) is 11.9. The van der Waals surface area contributed by atoms with E-state index in [1.807, 2.05) is 0 Å². The highest BCUT2D eigenvalue weighted by Crippen LogP contribution is 2.30. The molecular weight excluding hydrogens is 244 g/mol. The van der Waals surface area contributed by atoms with Gasteiger partial charge >= 0.3 is 0 Å². The van der Waals surface area contributed by atoms with Gasteiger partial charge in [0, 0.05) is 13.1 Å². The van der Waals surface area contributed by atoms with Gasteiger partial charge in [-0.25, -0.2) is 0 Å². The van der Waals surface area contributed by atoms with Crippen LogP contribution in [0.4, 0.5) is 0 Å². The number of rotatable bonds is 4. The molecule has 2 aliphatic rings. The van der Waals surface area contributed by atoms with Gasteiger partial charge in [0.25, 0.3) is 0 Å². The maximum atomic E-state index is 5.69. The van der Waals surface area contributed by atoms with Crippen molar-refractivity contribution in [3.63, 3.8) is 0 Å². The summed E-state index contributed by atoms with van der Waals surface area (Å²) in [6, 6.07) is 0. The molecule has 1 aliphatic carbocycles. The van der Waals surface area contributed by atoms with E-state index in [0.29, 0.717) is 0 Å². The highest BCUT2D eigenvalue weighted by molar-refractivity contribution is 5.85. The molecule has 0 spiro atoms. The summed E-state index contributed by atoms with van der Waals surface area (Å²) in [5, 5.41) is 0. The van der Waals surface area contributed by atoms with Crippen LogP contribution in [0.1, 0.15) is 51.9 Å². The van der Waals surface area contributed by atoms with Gasteiger partial charge in [0.05, 0.1) is 0 Å². The Bertz CT molecular complexity index is 221. The van der Waals surface area contributed by atoms with Gasteiger partial charge < -0.3 is 10.6 Å². The van der Waals surface area contributed by atoms with Gasteiger partial charge in [-0.15, -0.1) is 12.4 Å². The smallest absolute Gasteiger partial charge is 0.00103 e. The van der Waals surface area contributed by atoms with Crippen LogP contribution >= 0.6 is 12.4 Å². The first-order valence-electron chi connectivity index (χ1n) is 7.70. The summed E-state index contributed by atoms with van der Waals surface area (Å²) in [5.74, 6) is 2.84. The summed E-state index contributed by atoms with van der Waals surface area (Å²) >= 11 is 0. The summed E-state index contributed by atoms with van der Waals surface area (Å²) < 4.78 is 0. The molecule has 1 heterocycles. The highest BCUT2D eigenvalue weighted by atomic mass is 35.5. The lowest BCUT2D eigenvalue weighted by Gasteiger charge is -2.37. The van der Waals surface area contributed by atoms with Crippen molar-refractivity contribution in [3.05, 3.63) is 0 Å². The van der Waals surface area contributed by atoms with Gasteiger partial charge in [-0.2, -0.15) is 0 Å². The fourth-order valence-electron chi connectivity index (χ4n) is 3.88.